The number of anilines is 1. The second-order valence-corrected chi connectivity index (χ2v) is 6.48. The largest absolute Gasteiger partial charge is 0.387 e. The van der Waals surface area contributed by atoms with Crippen LogP contribution in [-0.4, -0.2) is 38.6 Å². The second-order valence-electron chi connectivity index (χ2n) is 4.49. The maximum atomic E-state index is 11.8. The minimum atomic E-state index is -3.33. The standard InChI is InChI=1S/C12H20N4O2S/c1-4-16(8-9(2)11(13)14)12-10(19(3,17)18)6-5-7-15-12/h5-7,9H,4,8H2,1-3H3,(H3,13,14). The molecule has 0 aliphatic carbocycles. The molecule has 1 heterocycles. The van der Waals surface area contributed by atoms with Crippen molar-refractivity contribution in [3.05, 3.63) is 18.3 Å². The molecule has 6 nitrogen and oxygen atoms in total. The molecule has 1 aromatic rings. The van der Waals surface area contributed by atoms with Crippen LogP contribution < -0.4 is 10.6 Å². The van der Waals surface area contributed by atoms with Crippen molar-refractivity contribution in [1.29, 1.82) is 5.41 Å². The average Bonchev–Trinajstić information content (AvgIpc) is 2.34. The number of rotatable bonds is 6. The lowest BCUT2D eigenvalue weighted by molar-refractivity contribution is 0.600. The Bertz CT molecular complexity index is 557. The van der Waals surface area contributed by atoms with Crippen molar-refractivity contribution < 1.29 is 8.42 Å². The van der Waals surface area contributed by atoms with Crippen LogP contribution in [0, 0.1) is 11.3 Å². The van der Waals surface area contributed by atoms with Crippen LogP contribution in [-0.2, 0) is 9.84 Å². The number of pyridine rings is 1. The zero-order valence-electron chi connectivity index (χ0n) is 11.4. The van der Waals surface area contributed by atoms with E-state index in [0.717, 1.165) is 6.26 Å². The summed E-state index contributed by atoms with van der Waals surface area (Å²) in [5, 5.41) is 7.42. The van der Waals surface area contributed by atoms with Crippen LogP contribution in [0.5, 0.6) is 0 Å². The summed E-state index contributed by atoms with van der Waals surface area (Å²) >= 11 is 0. The van der Waals surface area contributed by atoms with E-state index in [1.807, 2.05) is 18.7 Å². The van der Waals surface area contributed by atoms with E-state index >= 15 is 0 Å². The van der Waals surface area contributed by atoms with E-state index in [-0.39, 0.29) is 16.6 Å². The molecule has 0 saturated carbocycles. The fourth-order valence-corrected chi connectivity index (χ4v) is 2.54. The summed E-state index contributed by atoms with van der Waals surface area (Å²) in [6, 6.07) is 3.14. The van der Waals surface area contributed by atoms with Gasteiger partial charge in [-0.25, -0.2) is 13.4 Å². The van der Waals surface area contributed by atoms with Crippen molar-refractivity contribution in [1.82, 2.24) is 4.98 Å². The quantitative estimate of drug-likeness (QED) is 0.596. The highest BCUT2D eigenvalue weighted by Crippen LogP contribution is 2.22. The molecule has 3 N–H and O–H groups in total. The number of nitrogens with one attached hydrogen (secondary N) is 1. The third kappa shape index (κ3) is 3.92. The summed E-state index contributed by atoms with van der Waals surface area (Å²) in [7, 11) is -3.33. The molecule has 19 heavy (non-hydrogen) atoms. The molecular formula is C12H20N4O2S. The number of nitrogens with zero attached hydrogens (tertiary/aromatic N) is 2. The van der Waals surface area contributed by atoms with Crippen molar-refractivity contribution >= 4 is 21.5 Å². The highest BCUT2D eigenvalue weighted by molar-refractivity contribution is 7.90. The van der Waals surface area contributed by atoms with Gasteiger partial charge in [-0.05, 0) is 19.1 Å². The van der Waals surface area contributed by atoms with E-state index in [4.69, 9.17) is 11.1 Å². The van der Waals surface area contributed by atoms with Gasteiger partial charge in [0.1, 0.15) is 10.7 Å². The predicted octanol–water partition coefficient (Wildman–Crippen LogP) is 0.883. The number of nitrogens with two attached hydrogens (primary N) is 1. The van der Waals surface area contributed by atoms with Gasteiger partial charge in [-0.2, -0.15) is 0 Å². The predicted molar refractivity (Wildman–Crippen MR) is 76.3 cm³/mol. The van der Waals surface area contributed by atoms with E-state index in [1.165, 1.54) is 0 Å². The third-order valence-corrected chi connectivity index (χ3v) is 3.97. The summed E-state index contributed by atoms with van der Waals surface area (Å²) in [6.07, 6.45) is 2.72. The Morgan fingerprint density at radius 1 is 1.58 bits per heavy atom. The van der Waals surface area contributed by atoms with Gasteiger partial charge in [0.15, 0.2) is 9.84 Å². The van der Waals surface area contributed by atoms with Crippen LogP contribution >= 0.6 is 0 Å². The molecule has 1 unspecified atom stereocenters. The topological polar surface area (TPSA) is 100 Å². The van der Waals surface area contributed by atoms with Crippen molar-refractivity contribution in [2.45, 2.75) is 18.7 Å². The first kappa shape index (κ1) is 15.4. The van der Waals surface area contributed by atoms with Crippen molar-refractivity contribution in [2.24, 2.45) is 11.7 Å². The Morgan fingerprint density at radius 3 is 2.68 bits per heavy atom. The summed E-state index contributed by atoms with van der Waals surface area (Å²) in [4.78, 5) is 6.19. The SMILES string of the molecule is CCN(CC(C)C(=N)N)c1ncccc1S(C)(=O)=O. The van der Waals surface area contributed by atoms with E-state index in [0.29, 0.717) is 18.9 Å². The van der Waals surface area contributed by atoms with Gasteiger partial charge in [-0.15, -0.1) is 0 Å². The Labute approximate surface area is 114 Å². The molecule has 0 bridgehead atoms. The Kier molecular flexibility index (Phi) is 4.88. The van der Waals surface area contributed by atoms with Crippen LogP contribution in [0.25, 0.3) is 0 Å². The molecule has 106 valence electrons. The smallest absolute Gasteiger partial charge is 0.179 e. The van der Waals surface area contributed by atoms with Gasteiger partial charge in [0.05, 0.1) is 5.84 Å². The molecule has 0 spiro atoms. The lowest BCUT2D eigenvalue weighted by atomic mass is 10.1. The van der Waals surface area contributed by atoms with Crippen LogP contribution in [0.2, 0.25) is 0 Å². The van der Waals surface area contributed by atoms with E-state index in [1.54, 1.807) is 18.3 Å². The molecule has 1 rings (SSSR count). The first-order chi connectivity index (χ1) is 8.77. The lowest BCUT2D eigenvalue weighted by Crippen LogP contribution is -2.35. The summed E-state index contributed by atoms with van der Waals surface area (Å²) in [6.45, 7) is 4.80. The summed E-state index contributed by atoms with van der Waals surface area (Å²) in [5.41, 5.74) is 5.46. The maximum Gasteiger partial charge on any atom is 0.179 e. The molecule has 0 aromatic carbocycles. The highest BCUT2D eigenvalue weighted by Gasteiger charge is 2.20. The van der Waals surface area contributed by atoms with Crippen molar-refractivity contribution in [3.8, 4) is 0 Å². The number of hydrogen-bond donors (Lipinski definition) is 2. The van der Waals surface area contributed by atoms with Crippen molar-refractivity contribution in [2.75, 3.05) is 24.2 Å². The molecule has 0 aliphatic heterocycles. The fourth-order valence-electron chi connectivity index (χ4n) is 1.70. The Balaban J connectivity index is 3.16. The first-order valence-electron chi connectivity index (χ1n) is 6.01. The van der Waals surface area contributed by atoms with Crippen LogP contribution in [0.1, 0.15) is 13.8 Å². The van der Waals surface area contributed by atoms with E-state index in [9.17, 15) is 8.42 Å². The van der Waals surface area contributed by atoms with Crippen LogP contribution in [0.4, 0.5) is 5.82 Å². The fraction of sp³-hybridized carbons (Fsp3) is 0.500. The van der Waals surface area contributed by atoms with E-state index < -0.39 is 9.84 Å². The normalized spacial score (nSPS) is 13.0. The number of sulfone groups is 1. The summed E-state index contributed by atoms with van der Waals surface area (Å²) < 4.78 is 23.5. The molecule has 0 saturated heterocycles. The van der Waals surface area contributed by atoms with Gasteiger partial charge in [0.25, 0.3) is 0 Å². The molecule has 0 aliphatic rings. The van der Waals surface area contributed by atoms with E-state index in [2.05, 4.69) is 4.98 Å². The molecule has 0 fully saturated rings. The molecule has 1 aromatic heterocycles. The lowest BCUT2D eigenvalue weighted by Gasteiger charge is -2.26. The minimum Gasteiger partial charge on any atom is -0.387 e. The van der Waals surface area contributed by atoms with Gasteiger partial charge < -0.3 is 10.6 Å². The molecule has 1 atom stereocenters. The van der Waals surface area contributed by atoms with Gasteiger partial charge in [-0.1, -0.05) is 6.92 Å². The molecule has 0 radical (unpaired) electrons. The number of hydrogen-bond acceptors (Lipinski definition) is 5. The van der Waals surface area contributed by atoms with Gasteiger partial charge >= 0.3 is 0 Å². The van der Waals surface area contributed by atoms with Crippen LogP contribution in [0.3, 0.4) is 0 Å². The molecule has 7 heteroatoms. The molecule has 0 amide bonds. The Morgan fingerprint density at radius 2 is 2.21 bits per heavy atom. The Hall–Kier alpha value is -1.63. The van der Waals surface area contributed by atoms with Gasteiger partial charge in [-0.3, -0.25) is 5.41 Å². The minimum absolute atomic E-state index is 0.0790. The number of aromatic nitrogens is 1. The molecular weight excluding hydrogens is 264 g/mol. The average molecular weight is 284 g/mol. The first-order valence-corrected chi connectivity index (χ1v) is 7.90. The zero-order chi connectivity index (χ0) is 14.6. The maximum absolute atomic E-state index is 11.8. The van der Waals surface area contributed by atoms with Crippen molar-refractivity contribution in [3.63, 3.8) is 0 Å². The second kappa shape index (κ2) is 6.01. The number of amidine groups is 1. The van der Waals surface area contributed by atoms with Gasteiger partial charge in [0.2, 0.25) is 0 Å². The highest BCUT2D eigenvalue weighted by atomic mass is 32.2. The van der Waals surface area contributed by atoms with Gasteiger partial charge in [0, 0.05) is 31.5 Å². The zero-order valence-corrected chi connectivity index (χ0v) is 12.2. The monoisotopic (exact) mass is 284 g/mol. The van der Waals surface area contributed by atoms with Crippen LogP contribution in [0.15, 0.2) is 23.2 Å². The third-order valence-electron chi connectivity index (χ3n) is 2.86. The summed E-state index contributed by atoms with van der Waals surface area (Å²) in [5.74, 6) is 0.338.